The molecule has 11 nitrogen and oxygen atoms in total. The van der Waals surface area contributed by atoms with E-state index in [4.69, 9.17) is 19.9 Å². The quantitative estimate of drug-likeness (QED) is 0.190. The van der Waals surface area contributed by atoms with Gasteiger partial charge in [0.15, 0.2) is 17.0 Å². The number of nitrogens with zero attached hydrogens (tertiary/aromatic N) is 4. The number of methoxy groups -OCH3 is 2. The zero-order chi connectivity index (χ0) is 28.3. The van der Waals surface area contributed by atoms with Gasteiger partial charge >= 0.3 is 12.0 Å². The zero-order valence-electron chi connectivity index (χ0n) is 23.9. The number of imidazole rings is 1. The largest absolute Gasteiger partial charge is 0.469 e. The Morgan fingerprint density at radius 3 is 2.85 bits per heavy atom. The Labute approximate surface area is 236 Å². The van der Waals surface area contributed by atoms with Gasteiger partial charge in [0.2, 0.25) is 0 Å². The summed E-state index contributed by atoms with van der Waals surface area (Å²) in [5.41, 5.74) is 9.55. The van der Waals surface area contributed by atoms with Crippen molar-refractivity contribution in [3.8, 4) is 12.0 Å². The van der Waals surface area contributed by atoms with Gasteiger partial charge in [0, 0.05) is 19.1 Å². The van der Waals surface area contributed by atoms with Crippen LogP contribution in [0.4, 0.5) is 5.82 Å². The van der Waals surface area contributed by atoms with Crippen LogP contribution in [-0.2, 0) is 29.0 Å². The standard InChI is InChI=1S/C29H43N7O4/c1-4-5-14-40-28-34-26(30)25-27(35-28)36(29(33-25)39-3)19-22-11-13-32-23(16-22)10-7-12-31-18-21-9-6-8-20(15-21)17-24(37)38-2/h6,8-9,15,22-23,31-32H,4-5,7,10-14,16-19H2,1-3H3,(H2,30,34,35). The van der Waals surface area contributed by atoms with Crippen molar-refractivity contribution in [1.82, 2.24) is 30.2 Å². The minimum absolute atomic E-state index is 0.221. The van der Waals surface area contributed by atoms with E-state index in [0.29, 0.717) is 48.0 Å². The number of piperidine rings is 1. The Hall–Kier alpha value is -3.44. The summed E-state index contributed by atoms with van der Waals surface area (Å²) in [5.74, 6) is 0.546. The van der Waals surface area contributed by atoms with Crippen LogP contribution >= 0.6 is 0 Å². The summed E-state index contributed by atoms with van der Waals surface area (Å²) < 4.78 is 18.1. The number of anilines is 1. The van der Waals surface area contributed by atoms with E-state index >= 15 is 0 Å². The molecular weight excluding hydrogens is 510 g/mol. The summed E-state index contributed by atoms with van der Waals surface area (Å²) in [4.78, 5) is 25.0. The molecule has 2 unspecified atom stereocenters. The molecule has 4 N–H and O–H groups in total. The molecule has 0 radical (unpaired) electrons. The van der Waals surface area contributed by atoms with Crippen molar-refractivity contribution in [2.45, 2.75) is 71.0 Å². The topological polar surface area (TPSA) is 138 Å². The van der Waals surface area contributed by atoms with Gasteiger partial charge in [0.1, 0.15) is 0 Å². The Morgan fingerprint density at radius 2 is 2.05 bits per heavy atom. The van der Waals surface area contributed by atoms with Crippen molar-refractivity contribution < 1.29 is 19.0 Å². The van der Waals surface area contributed by atoms with Crippen molar-refractivity contribution in [3.05, 3.63) is 35.4 Å². The molecule has 1 aliphatic rings. The average molecular weight is 554 g/mol. The van der Waals surface area contributed by atoms with Gasteiger partial charge in [-0.15, -0.1) is 0 Å². The number of nitrogens with one attached hydrogen (secondary N) is 2. The van der Waals surface area contributed by atoms with Gasteiger partial charge in [-0.05, 0) is 62.2 Å². The van der Waals surface area contributed by atoms with Gasteiger partial charge in [0.05, 0.1) is 27.2 Å². The van der Waals surface area contributed by atoms with Gasteiger partial charge in [-0.3, -0.25) is 9.36 Å². The Kier molecular flexibility index (Phi) is 10.9. The highest BCUT2D eigenvalue weighted by atomic mass is 16.5. The number of rotatable bonds is 15. The number of esters is 1. The van der Waals surface area contributed by atoms with Crippen LogP contribution in [0.5, 0.6) is 12.0 Å². The van der Waals surface area contributed by atoms with Crippen LogP contribution in [0.2, 0.25) is 0 Å². The van der Waals surface area contributed by atoms with Gasteiger partial charge in [-0.25, -0.2) is 0 Å². The number of carbonyl (C=O) groups is 1. The summed E-state index contributed by atoms with van der Waals surface area (Å²) in [5, 5.41) is 7.22. The fourth-order valence-electron chi connectivity index (χ4n) is 5.21. The van der Waals surface area contributed by atoms with Crippen LogP contribution < -0.4 is 25.8 Å². The Morgan fingerprint density at radius 1 is 1.20 bits per heavy atom. The number of aromatic nitrogens is 4. The van der Waals surface area contributed by atoms with Crippen molar-refractivity contribution in [2.24, 2.45) is 5.92 Å². The van der Waals surface area contributed by atoms with E-state index in [-0.39, 0.29) is 12.0 Å². The highest BCUT2D eigenvalue weighted by molar-refractivity contribution is 5.83. The van der Waals surface area contributed by atoms with Crippen LogP contribution in [0.3, 0.4) is 0 Å². The molecule has 1 aliphatic heterocycles. The molecule has 4 rings (SSSR count). The summed E-state index contributed by atoms with van der Waals surface area (Å²) in [6.07, 6.45) is 6.57. The van der Waals surface area contributed by atoms with E-state index in [1.807, 2.05) is 16.7 Å². The predicted molar refractivity (Wildman–Crippen MR) is 154 cm³/mol. The Bertz CT molecular complexity index is 1250. The molecule has 0 bridgehead atoms. The van der Waals surface area contributed by atoms with E-state index in [0.717, 1.165) is 70.3 Å². The minimum atomic E-state index is -0.221. The second-order valence-corrected chi connectivity index (χ2v) is 10.4. The number of hydrogen-bond acceptors (Lipinski definition) is 10. The first-order chi connectivity index (χ1) is 19.5. The van der Waals surface area contributed by atoms with Gasteiger partial charge in [0.25, 0.3) is 6.01 Å². The van der Waals surface area contributed by atoms with E-state index in [1.54, 1.807) is 7.11 Å². The van der Waals surface area contributed by atoms with Crippen molar-refractivity contribution >= 4 is 23.0 Å². The highest BCUT2D eigenvalue weighted by Gasteiger charge is 2.25. The van der Waals surface area contributed by atoms with E-state index in [1.165, 1.54) is 12.7 Å². The summed E-state index contributed by atoms with van der Waals surface area (Å²) in [6, 6.07) is 9.32. The van der Waals surface area contributed by atoms with Gasteiger partial charge in [-0.1, -0.05) is 37.6 Å². The molecule has 3 heterocycles. The first-order valence-electron chi connectivity index (χ1n) is 14.3. The molecule has 3 aromatic rings. The number of benzene rings is 1. The molecule has 1 saturated heterocycles. The first kappa shape index (κ1) is 29.5. The Balaban J connectivity index is 1.28. The summed E-state index contributed by atoms with van der Waals surface area (Å²) >= 11 is 0. The third-order valence-electron chi connectivity index (χ3n) is 7.32. The number of ether oxygens (including phenoxy) is 3. The molecule has 40 heavy (non-hydrogen) atoms. The first-order valence-corrected chi connectivity index (χ1v) is 14.3. The zero-order valence-corrected chi connectivity index (χ0v) is 23.9. The number of nitrogens with two attached hydrogens (primary N) is 1. The minimum Gasteiger partial charge on any atom is -0.469 e. The SMILES string of the molecule is CCCCOc1nc(N)c2nc(OC)n(CC3CCNC(CCCNCc4cccc(CC(=O)OC)c4)C3)c2n1. The van der Waals surface area contributed by atoms with Gasteiger partial charge < -0.3 is 30.6 Å². The molecule has 218 valence electrons. The summed E-state index contributed by atoms with van der Waals surface area (Å²) in [6.45, 7) is 6.11. The third kappa shape index (κ3) is 8.04. The van der Waals surface area contributed by atoms with Crippen LogP contribution in [0.15, 0.2) is 24.3 Å². The molecule has 11 heteroatoms. The van der Waals surface area contributed by atoms with E-state index < -0.39 is 0 Å². The molecule has 0 saturated carbocycles. The number of nitrogen functional groups attached to an aromatic ring is 1. The predicted octanol–water partition coefficient (Wildman–Crippen LogP) is 3.25. The molecule has 0 amide bonds. The smallest absolute Gasteiger partial charge is 0.320 e. The maximum Gasteiger partial charge on any atom is 0.320 e. The lowest BCUT2D eigenvalue weighted by molar-refractivity contribution is -0.139. The number of unbranched alkanes of at least 4 members (excludes halogenated alkanes) is 1. The second kappa shape index (κ2) is 14.8. The number of carbonyl (C=O) groups excluding carboxylic acids is 1. The molecule has 1 aromatic carbocycles. The third-order valence-corrected chi connectivity index (χ3v) is 7.32. The molecule has 2 aromatic heterocycles. The monoisotopic (exact) mass is 553 g/mol. The average Bonchev–Trinajstić information content (AvgIpc) is 3.31. The van der Waals surface area contributed by atoms with E-state index in [2.05, 4.69) is 44.6 Å². The lowest BCUT2D eigenvalue weighted by Crippen LogP contribution is -2.39. The van der Waals surface area contributed by atoms with Crippen LogP contribution in [0.25, 0.3) is 11.2 Å². The number of hydrogen-bond donors (Lipinski definition) is 3. The fraction of sp³-hybridized carbons (Fsp3) is 0.586. The molecule has 1 fully saturated rings. The maximum atomic E-state index is 11.5. The second-order valence-electron chi connectivity index (χ2n) is 10.4. The van der Waals surface area contributed by atoms with Crippen LogP contribution in [0, 0.1) is 5.92 Å². The summed E-state index contributed by atoms with van der Waals surface area (Å²) in [7, 11) is 3.03. The number of fused-ring (bicyclic) bond motifs is 1. The van der Waals surface area contributed by atoms with Crippen molar-refractivity contribution in [2.75, 3.05) is 39.6 Å². The molecule has 0 spiro atoms. The maximum absolute atomic E-state index is 11.5. The van der Waals surface area contributed by atoms with Crippen LogP contribution in [0.1, 0.15) is 56.6 Å². The normalized spacial score (nSPS) is 17.2. The van der Waals surface area contributed by atoms with Crippen molar-refractivity contribution in [1.29, 1.82) is 0 Å². The van der Waals surface area contributed by atoms with Crippen LogP contribution in [-0.4, -0.2) is 65.4 Å². The molecule has 0 aliphatic carbocycles. The van der Waals surface area contributed by atoms with E-state index in [9.17, 15) is 4.79 Å². The lowest BCUT2D eigenvalue weighted by Gasteiger charge is -2.31. The van der Waals surface area contributed by atoms with Gasteiger partial charge in [-0.2, -0.15) is 15.0 Å². The molecular formula is C29H43N7O4. The molecule has 2 atom stereocenters. The highest BCUT2D eigenvalue weighted by Crippen LogP contribution is 2.29. The fourth-order valence-corrected chi connectivity index (χ4v) is 5.21. The van der Waals surface area contributed by atoms with Crippen molar-refractivity contribution in [3.63, 3.8) is 0 Å². The lowest BCUT2D eigenvalue weighted by atomic mass is 9.90.